The summed E-state index contributed by atoms with van der Waals surface area (Å²) in [6.07, 6.45) is 0.943. The Bertz CT molecular complexity index is 1090. The highest BCUT2D eigenvalue weighted by molar-refractivity contribution is 5.90. The lowest BCUT2D eigenvalue weighted by molar-refractivity contribution is 1.01. The average Bonchev–Trinajstić information content (AvgIpc) is 2.71. The first-order valence-electron chi connectivity index (χ1n) is 9.58. The van der Waals surface area contributed by atoms with E-state index in [-0.39, 0.29) is 0 Å². The van der Waals surface area contributed by atoms with Gasteiger partial charge in [-0.1, -0.05) is 54.6 Å². The van der Waals surface area contributed by atoms with Gasteiger partial charge < -0.3 is 10.6 Å². The molecule has 140 valence electrons. The standard InChI is InChI=1S/C24H24N4/c1-17-12-13-18(2)22(16-17)27-24-26-21-11-7-6-10-20(21)23(28-24)25-15-14-19-8-4-3-5-9-19/h3-13,16H,14-15H2,1-2H3,(H2,25,26,27,28). The van der Waals surface area contributed by atoms with Crippen molar-refractivity contribution in [1.82, 2.24) is 9.97 Å². The number of benzene rings is 3. The Hall–Kier alpha value is -3.40. The maximum absolute atomic E-state index is 4.76. The van der Waals surface area contributed by atoms with Crippen molar-refractivity contribution in [3.63, 3.8) is 0 Å². The summed E-state index contributed by atoms with van der Waals surface area (Å²) in [5, 5.41) is 7.92. The SMILES string of the molecule is Cc1ccc(C)c(Nc2nc(NCCc3ccccc3)c3ccccc3n2)c1. The van der Waals surface area contributed by atoms with Gasteiger partial charge in [0.1, 0.15) is 5.82 Å². The maximum atomic E-state index is 4.76. The van der Waals surface area contributed by atoms with Crippen LogP contribution in [-0.2, 0) is 6.42 Å². The van der Waals surface area contributed by atoms with Gasteiger partial charge in [-0.15, -0.1) is 0 Å². The van der Waals surface area contributed by atoms with E-state index in [4.69, 9.17) is 9.97 Å². The number of aromatic nitrogens is 2. The van der Waals surface area contributed by atoms with Crippen LogP contribution in [0, 0.1) is 13.8 Å². The van der Waals surface area contributed by atoms with Crippen molar-refractivity contribution in [2.24, 2.45) is 0 Å². The lowest BCUT2D eigenvalue weighted by atomic mass is 10.1. The van der Waals surface area contributed by atoms with Crippen molar-refractivity contribution in [1.29, 1.82) is 0 Å². The summed E-state index contributed by atoms with van der Waals surface area (Å²) in [6, 6.07) is 24.9. The molecule has 0 saturated carbocycles. The Labute approximate surface area is 165 Å². The van der Waals surface area contributed by atoms with Crippen molar-refractivity contribution < 1.29 is 0 Å². The molecule has 0 bridgehead atoms. The fourth-order valence-corrected chi connectivity index (χ4v) is 3.23. The molecule has 0 amide bonds. The van der Waals surface area contributed by atoms with E-state index in [1.165, 1.54) is 16.7 Å². The fourth-order valence-electron chi connectivity index (χ4n) is 3.23. The largest absolute Gasteiger partial charge is 0.369 e. The number of nitrogens with zero attached hydrogens (tertiary/aromatic N) is 2. The Kier molecular flexibility index (Phi) is 5.20. The second-order valence-electron chi connectivity index (χ2n) is 7.02. The number of hydrogen-bond acceptors (Lipinski definition) is 4. The molecular weight excluding hydrogens is 344 g/mol. The van der Waals surface area contributed by atoms with Crippen molar-refractivity contribution in [3.8, 4) is 0 Å². The minimum Gasteiger partial charge on any atom is -0.369 e. The molecule has 4 heteroatoms. The van der Waals surface area contributed by atoms with Crippen LogP contribution in [0.25, 0.3) is 10.9 Å². The number of para-hydroxylation sites is 1. The molecule has 4 aromatic rings. The number of anilines is 3. The van der Waals surface area contributed by atoms with Crippen molar-refractivity contribution in [2.75, 3.05) is 17.2 Å². The molecule has 4 nitrogen and oxygen atoms in total. The Morgan fingerprint density at radius 2 is 1.61 bits per heavy atom. The van der Waals surface area contributed by atoms with E-state index in [2.05, 4.69) is 73.0 Å². The van der Waals surface area contributed by atoms with E-state index in [9.17, 15) is 0 Å². The Balaban J connectivity index is 1.60. The zero-order valence-electron chi connectivity index (χ0n) is 16.2. The van der Waals surface area contributed by atoms with Gasteiger partial charge in [-0.05, 0) is 55.2 Å². The molecule has 0 saturated heterocycles. The van der Waals surface area contributed by atoms with Crippen LogP contribution in [0.3, 0.4) is 0 Å². The molecule has 0 spiro atoms. The summed E-state index contributed by atoms with van der Waals surface area (Å²) in [4.78, 5) is 9.47. The van der Waals surface area contributed by atoms with Gasteiger partial charge in [0, 0.05) is 17.6 Å². The first kappa shape index (κ1) is 18.0. The summed E-state index contributed by atoms with van der Waals surface area (Å²) >= 11 is 0. The van der Waals surface area contributed by atoms with Crippen LogP contribution in [-0.4, -0.2) is 16.5 Å². The van der Waals surface area contributed by atoms with Crippen LogP contribution in [0.5, 0.6) is 0 Å². The second-order valence-corrected chi connectivity index (χ2v) is 7.02. The van der Waals surface area contributed by atoms with Gasteiger partial charge >= 0.3 is 0 Å². The smallest absolute Gasteiger partial charge is 0.229 e. The van der Waals surface area contributed by atoms with Crippen LogP contribution in [0.1, 0.15) is 16.7 Å². The van der Waals surface area contributed by atoms with E-state index in [1.807, 2.05) is 24.3 Å². The van der Waals surface area contributed by atoms with Gasteiger partial charge in [-0.3, -0.25) is 0 Å². The topological polar surface area (TPSA) is 49.8 Å². The summed E-state index contributed by atoms with van der Waals surface area (Å²) in [5.74, 6) is 1.46. The fraction of sp³-hybridized carbons (Fsp3) is 0.167. The minimum atomic E-state index is 0.606. The summed E-state index contributed by atoms with van der Waals surface area (Å²) in [5.41, 5.74) is 5.64. The Morgan fingerprint density at radius 3 is 2.46 bits per heavy atom. The van der Waals surface area contributed by atoms with Crippen molar-refractivity contribution >= 4 is 28.4 Å². The number of hydrogen-bond donors (Lipinski definition) is 2. The number of fused-ring (bicyclic) bond motifs is 1. The Morgan fingerprint density at radius 1 is 0.821 bits per heavy atom. The van der Waals surface area contributed by atoms with Crippen LogP contribution in [0.4, 0.5) is 17.5 Å². The maximum Gasteiger partial charge on any atom is 0.229 e. The predicted molar refractivity (Wildman–Crippen MR) is 117 cm³/mol. The molecule has 0 fully saturated rings. The first-order valence-corrected chi connectivity index (χ1v) is 9.58. The molecule has 1 aromatic heterocycles. The predicted octanol–water partition coefficient (Wildman–Crippen LogP) is 5.64. The zero-order valence-corrected chi connectivity index (χ0v) is 16.2. The number of rotatable bonds is 6. The number of nitrogens with one attached hydrogen (secondary N) is 2. The first-order chi connectivity index (χ1) is 13.7. The zero-order chi connectivity index (χ0) is 19.3. The third kappa shape index (κ3) is 4.12. The van der Waals surface area contributed by atoms with E-state index in [1.54, 1.807) is 0 Å². The third-order valence-electron chi connectivity index (χ3n) is 4.79. The average molecular weight is 368 g/mol. The lowest BCUT2D eigenvalue weighted by Crippen LogP contribution is -2.09. The molecule has 4 rings (SSSR count). The molecule has 0 aliphatic carbocycles. The normalized spacial score (nSPS) is 10.8. The molecule has 3 aromatic carbocycles. The van der Waals surface area contributed by atoms with E-state index in [0.717, 1.165) is 35.4 Å². The molecule has 28 heavy (non-hydrogen) atoms. The summed E-state index contributed by atoms with van der Waals surface area (Å²) in [6.45, 7) is 4.98. The van der Waals surface area contributed by atoms with Crippen LogP contribution in [0.15, 0.2) is 72.8 Å². The van der Waals surface area contributed by atoms with E-state index >= 15 is 0 Å². The monoisotopic (exact) mass is 368 g/mol. The second kappa shape index (κ2) is 8.09. The van der Waals surface area contributed by atoms with Gasteiger partial charge in [-0.25, -0.2) is 4.98 Å². The van der Waals surface area contributed by atoms with Crippen LogP contribution < -0.4 is 10.6 Å². The van der Waals surface area contributed by atoms with Crippen LogP contribution >= 0.6 is 0 Å². The molecule has 1 heterocycles. The minimum absolute atomic E-state index is 0.606. The molecular formula is C24H24N4. The van der Waals surface area contributed by atoms with Gasteiger partial charge in [0.05, 0.1) is 5.52 Å². The molecule has 0 atom stereocenters. The van der Waals surface area contributed by atoms with Gasteiger partial charge in [0.25, 0.3) is 0 Å². The molecule has 0 radical (unpaired) electrons. The third-order valence-corrected chi connectivity index (χ3v) is 4.79. The molecule has 0 aliphatic heterocycles. The van der Waals surface area contributed by atoms with Gasteiger partial charge in [-0.2, -0.15) is 4.98 Å². The molecule has 0 aliphatic rings. The summed E-state index contributed by atoms with van der Waals surface area (Å²) in [7, 11) is 0. The van der Waals surface area contributed by atoms with E-state index < -0.39 is 0 Å². The van der Waals surface area contributed by atoms with Crippen LogP contribution in [0.2, 0.25) is 0 Å². The highest BCUT2D eigenvalue weighted by Crippen LogP contribution is 2.25. The van der Waals surface area contributed by atoms with Crippen molar-refractivity contribution in [3.05, 3.63) is 89.5 Å². The highest BCUT2D eigenvalue weighted by atomic mass is 15.1. The van der Waals surface area contributed by atoms with Gasteiger partial charge in [0.15, 0.2) is 0 Å². The number of aryl methyl sites for hydroxylation is 2. The highest BCUT2D eigenvalue weighted by Gasteiger charge is 2.09. The molecule has 0 unspecified atom stereocenters. The van der Waals surface area contributed by atoms with Gasteiger partial charge in [0.2, 0.25) is 5.95 Å². The van der Waals surface area contributed by atoms with E-state index in [0.29, 0.717) is 5.95 Å². The lowest BCUT2D eigenvalue weighted by Gasteiger charge is -2.13. The summed E-state index contributed by atoms with van der Waals surface area (Å²) < 4.78 is 0. The quantitative estimate of drug-likeness (QED) is 0.462. The van der Waals surface area contributed by atoms with Crippen molar-refractivity contribution in [2.45, 2.75) is 20.3 Å². The molecule has 2 N–H and O–H groups in total.